The van der Waals surface area contributed by atoms with Crippen molar-refractivity contribution >= 4 is 39.7 Å². The lowest BCUT2D eigenvalue weighted by Gasteiger charge is -2.49. The van der Waals surface area contributed by atoms with E-state index in [1.165, 1.54) is 31.0 Å². The van der Waals surface area contributed by atoms with E-state index in [9.17, 15) is 22.8 Å². The van der Waals surface area contributed by atoms with Crippen LogP contribution in [-0.2, 0) is 46.4 Å². The summed E-state index contributed by atoms with van der Waals surface area (Å²) in [4.78, 5) is 40.4. The van der Waals surface area contributed by atoms with Gasteiger partial charge in [0.1, 0.15) is 28.7 Å². The van der Waals surface area contributed by atoms with E-state index in [0.717, 1.165) is 16.0 Å². The van der Waals surface area contributed by atoms with Crippen molar-refractivity contribution in [2.75, 3.05) is 12.9 Å². The number of aryl methyl sites for hydroxylation is 1. The Morgan fingerprint density at radius 2 is 1.67 bits per heavy atom. The van der Waals surface area contributed by atoms with Crippen molar-refractivity contribution in [2.45, 2.75) is 36.3 Å². The van der Waals surface area contributed by atoms with E-state index in [2.05, 4.69) is 5.32 Å². The Hall–Kier alpha value is -4.29. The summed E-state index contributed by atoms with van der Waals surface area (Å²) in [7, 11) is -2.79. The second-order valence-corrected chi connectivity index (χ2v) is 12.3. The van der Waals surface area contributed by atoms with Gasteiger partial charge >= 0.3 is 16.1 Å². The smallest absolute Gasteiger partial charge is 0.359 e. The minimum atomic E-state index is -4.32. The van der Waals surface area contributed by atoms with Crippen LogP contribution >= 0.6 is 11.8 Å². The molecule has 218 valence electrons. The Kier molecular flexibility index (Phi) is 8.55. The summed E-state index contributed by atoms with van der Waals surface area (Å²) in [6, 6.07) is 21.1. The Morgan fingerprint density at radius 3 is 2.33 bits per heavy atom. The lowest BCUT2D eigenvalue weighted by molar-refractivity contribution is -0.153. The molecule has 2 heterocycles. The number of benzene rings is 3. The van der Waals surface area contributed by atoms with Crippen LogP contribution in [0.15, 0.2) is 95.2 Å². The molecule has 1 fully saturated rings. The molecule has 0 saturated carbocycles. The zero-order valence-corrected chi connectivity index (χ0v) is 24.4. The number of ether oxygens (including phenoxy) is 2. The molecule has 0 unspecified atom stereocenters. The fourth-order valence-corrected chi connectivity index (χ4v) is 6.77. The molecule has 42 heavy (non-hydrogen) atoms. The van der Waals surface area contributed by atoms with Crippen molar-refractivity contribution in [3.05, 3.63) is 107 Å². The molecule has 2 aliphatic rings. The highest BCUT2D eigenvalue weighted by Gasteiger charge is 2.55. The largest absolute Gasteiger partial charge is 0.497 e. The van der Waals surface area contributed by atoms with Gasteiger partial charge in [-0.2, -0.15) is 8.42 Å². The van der Waals surface area contributed by atoms with Crippen LogP contribution < -0.4 is 10.1 Å². The highest BCUT2D eigenvalue weighted by molar-refractivity contribution is 8.00. The molecule has 0 spiro atoms. The average molecular weight is 609 g/mol. The quantitative estimate of drug-likeness (QED) is 0.209. The Balaban J connectivity index is 1.38. The second kappa shape index (κ2) is 12.3. The van der Waals surface area contributed by atoms with Gasteiger partial charge in [0.05, 0.1) is 19.3 Å². The molecule has 1 saturated heterocycles. The minimum Gasteiger partial charge on any atom is -0.497 e. The maximum Gasteiger partial charge on any atom is 0.359 e. The molecule has 3 aromatic rings. The van der Waals surface area contributed by atoms with Gasteiger partial charge in [-0.3, -0.25) is 14.5 Å². The first-order valence-electron chi connectivity index (χ1n) is 13.0. The first-order valence-corrected chi connectivity index (χ1v) is 15.4. The molecule has 2 atom stereocenters. The van der Waals surface area contributed by atoms with E-state index in [1.54, 1.807) is 36.4 Å². The number of hydrogen-bond donors (Lipinski definition) is 1. The standard InChI is InChI=1S/C30H28N2O8S2/c1-19-8-14-23(15-9-19)42(36,37)40-24-18-41-29-26(31-25(33)16-20-6-4-3-5-7-20)28(34)32(29)27(24)30(35)39-17-21-10-12-22(38-2)13-11-21/h3-15,26,29H,16-18H2,1-2H3,(H,31,33)/t26-,29-/m1/s1. The van der Waals surface area contributed by atoms with Gasteiger partial charge in [-0.1, -0.05) is 60.2 Å². The molecule has 12 heteroatoms. The number of methoxy groups -OCH3 is 1. The monoisotopic (exact) mass is 608 g/mol. The van der Waals surface area contributed by atoms with Crippen LogP contribution in [0, 0.1) is 6.92 Å². The SMILES string of the molecule is COc1ccc(COC(=O)C2=C(OS(=O)(=O)c3ccc(C)cc3)CS[C@@H]3[C@H](NC(=O)Cc4ccccc4)C(=O)N23)cc1. The summed E-state index contributed by atoms with van der Waals surface area (Å²) < 4.78 is 42.3. The number of β-lactam (4-membered cyclic amide) rings is 1. The first-order chi connectivity index (χ1) is 20.2. The van der Waals surface area contributed by atoms with Crippen LogP contribution in [0.1, 0.15) is 16.7 Å². The summed E-state index contributed by atoms with van der Waals surface area (Å²) in [5.74, 6) is -1.48. The molecular weight excluding hydrogens is 580 g/mol. The van der Waals surface area contributed by atoms with E-state index in [1.807, 2.05) is 37.3 Å². The van der Waals surface area contributed by atoms with Crippen LogP contribution in [-0.4, -0.2) is 55.4 Å². The molecule has 0 aromatic heterocycles. The average Bonchev–Trinajstić information content (AvgIpc) is 2.99. The predicted molar refractivity (Wildman–Crippen MR) is 154 cm³/mol. The van der Waals surface area contributed by atoms with Gasteiger partial charge in [-0.05, 0) is 42.3 Å². The van der Waals surface area contributed by atoms with Crippen LogP contribution in [0.2, 0.25) is 0 Å². The van der Waals surface area contributed by atoms with Crippen molar-refractivity contribution in [2.24, 2.45) is 0 Å². The predicted octanol–water partition coefficient (Wildman–Crippen LogP) is 3.31. The van der Waals surface area contributed by atoms with E-state index >= 15 is 0 Å². The number of fused-ring (bicyclic) bond motifs is 1. The molecule has 0 radical (unpaired) electrons. The van der Waals surface area contributed by atoms with Crippen molar-refractivity contribution in [1.29, 1.82) is 0 Å². The van der Waals surface area contributed by atoms with E-state index < -0.39 is 33.4 Å². The zero-order valence-electron chi connectivity index (χ0n) is 22.8. The summed E-state index contributed by atoms with van der Waals surface area (Å²) in [5, 5.41) is 2.10. The summed E-state index contributed by atoms with van der Waals surface area (Å²) >= 11 is 1.18. The van der Waals surface area contributed by atoms with Crippen molar-refractivity contribution < 1.29 is 36.5 Å². The Bertz CT molecular complexity index is 1620. The number of nitrogens with zero attached hydrogens (tertiary/aromatic N) is 1. The highest BCUT2D eigenvalue weighted by atomic mass is 32.2. The van der Waals surface area contributed by atoms with Gasteiger partial charge in [-0.15, -0.1) is 11.8 Å². The summed E-state index contributed by atoms with van der Waals surface area (Å²) in [5.41, 5.74) is 2.00. The first kappa shape index (κ1) is 29.2. The fraction of sp³-hybridized carbons (Fsp3) is 0.233. The molecule has 2 amide bonds. The number of thioether (sulfide) groups is 1. The minimum absolute atomic E-state index is 0.0441. The maximum atomic E-state index is 13.4. The number of hydrogen-bond acceptors (Lipinski definition) is 9. The number of nitrogens with one attached hydrogen (secondary N) is 1. The molecule has 1 N–H and O–H groups in total. The number of carbonyl (C=O) groups is 3. The number of rotatable bonds is 10. The van der Waals surface area contributed by atoms with Crippen molar-refractivity contribution in [1.82, 2.24) is 10.2 Å². The molecule has 3 aromatic carbocycles. The molecule has 0 aliphatic carbocycles. The number of carbonyl (C=O) groups excluding carboxylic acids is 3. The number of amides is 2. The van der Waals surface area contributed by atoms with Gasteiger partial charge in [0.15, 0.2) is 11.5 Å². The van der Waals surface area contributed by atoms with Crippen LogP contribution in [0.25, 0.3) is 0 Å². The summed E-state index contributed by atoms with van der Waals surface area (Å²) in [6.45, 7) is 1.68. The van der Waals surface area contributed by atoms with Gasteiger partial charge in [0.25, 0.3) is 5.91 Å². The van der Waals surface area contributed by atoms with E-state index in [4.69, 9.17) is 13.7 Å². The zero-order chi connectivity index (χ0) is 29.9. The van der Waals surface area contributed by atoms with E-state index in [0.29, 0.717) is 11.3 Å². The Labute approximate surface area is 247 Å². The van der Waals surface area contributed by atoms with Gasteiger partial charge in [0, 0.05) is 0 Å². The highest BCUT2D eigenvalue weighted by Crippen LogP contribution is 2.42. The van der Waals surface area contributed by atoms with Crippen molar-refractivity contribution in [3.8, 4) is 5.75 Å². The van der Waals surface area contributed by atoms with Crippen LogP contribution in [0.4, 0.5) is 0 Å². The molecule has 5 rings (SSSR count). The Morgan fingerprint density at radius 1 is 0.976 bits per heavy atom. The lowest BCUT2D eigenvalue weighted by atomic mass is 10.0. The van der Waals surface area contributed by atoms with Gasteiger partial charge < -0.3 is 19.0 Å². The number of esters is 1. The van der Waals surface area contributed by atoms with E-state index in [-0.39, 0.29) is 41.0 Å². The molecule has 10 nitrogen and oxygen atoms in total. The van der Waals surface area contributed by atoms with Gasteiger partial charge in [-0.25, -0.2) is 4.79 Å². The van der Waals surface area contributed by atoms with Crippen molar-refractivity contribution in [3.63, 3.8) is 0 Å². The normalized spacial score (nSPS) is 18.0. The molecular formula is C30H28N2O8S2. The van der Waals surface area contributed by atoms with Gasteiger partial charge in [0.2, 0.25) is 5.91 Å². The topological polar surface area (TPSA) is 128 Å². The molecule has 2 aliphatic heterocycles. The second-order valence-electron chi connectivity index (χ2n) is 9.66. The lowest BCUT2D eigenvalue weighted by Crippen LogP contribution is -2.70. The third-order valence-electron chi connectivity index (χ3n) is 6.70. The van der Waals surface area contributed by atoms with Crippen LogP contribution in [0.3, 0.4) is 0 Å². The molecule has 0 bridgehead atoms. The maximum absolute atomic E-state index is 13.4. The van der Waals surface area contributed by atoms with Crippen LogP contribution in [0.5, 0.6) is 5.75 Å². The third-order valence-corrected chi connectivity index (χ3v) is 9.22. The fourth-order valence-electron chi connectivity index (χ4n) is 4.48. The third kappa shape index (κ3) is 6.29. The summed E-state index contributed by atoms with van der Waals surface area (Å²) in [6.07, 6.45) is 0.0811.